The molecule has 0 spiro atoms. The largest absolute Gasteiger partial charge is 0.494 e. The van der Waals surface area contributed by atoms with Crippen LogP contribution < -0.4 is 0 Å². The van der Waals surface area contributed by atoms with E-state index in [0.29, 0.717) is 38.0 Å². The molecule has 75 heavy (non-hydrogen) atoms. The molecular formula is C51H82O24. The summed E-state index contributed by atoms with van der Waals surface area (Å²) in [6.07, 6.45) is -26.4. The van der Waals surface area contributed by atoms with Crippen LogP contribution in [-0.2, 0) is 47.4 Å². The highest BCUT2D eigenvalue weighted by Gasteiger charge is 2.68. The fourth-order valence-corrected chi connectivity index (χ4v) is 14.9. The Bertz CT molecular complexity index is 1980. The third-order valence-electron chi connectivity index (χ3n) is 19.4. The summed E-state index contributed by atoms with van der Waals surface area (Å²) in [6.45, 7) is 5.80. The van der Waals surface area contributed by atoms with Crippen molar-refractivity contribution in [2.24, 2.45) is 46.3 Å². The second-order valence-electron chi connectivity index (χ2n) is 23.6. The molecule has 30 atom stereocenters. The maximum absolute atomic E-state index is 14.7. The van der Waals surface area contributed by atoms with Gasteiger partial charge >= 0.3 is 0 Å². The number of fused-ring (bicyclic) bond motifs is 7. The molecule has 5 aliphatic heterocycles. The van der Waals surface area contributed by atoms with E-state index < -0.39 is 161 Å². The van der Waals surface area contributed by atoms with Gasteiger partial charge in [-0.15, -0.1) is 0 Å². The van der Waals surface area contributed by atoms with Gasteiger partial charge in [-0.2, -0.15) is 0 Å². The third kappa shape index (κ3) is 10.4. The predicted octanol–water partition coefficient (Wildman–Crippen LogP) is -3.83. The van der Waals surface area contributed by atoms with E-state index in [1.54, 1.807) is 0 Å². The van der Waals surface area contributed by atoms with Gasteiger partial charge in [-0.1, -0.05) is 20.8 Å². The Morgan fingerprint density at radius 1 is 0.600 bits per heavy atom. The van der Waals surface area contributed by atoms with E-state index in [1.807, 2.05) is 6.92 Å². The maximum Gasteiger partial charge on any atom is 0.187 e. The topological polar surface area (TPSA) is 383 Å². The number of hydrogen-bond donors (Lipinski definition) is 14. The Morgan fingerprint density at radius 2 is 1.13 bits per heavy atom. The van der Waals surface area contributed by atoms with Crippen LogP contribution >= 0.6 is 0 Å². The summed E-state index contributed by atoms with van der Waals surface area (Å²) in [7, 11) is 0. The van der Waals surface area contributed by atoms with E-state index in [4.69, 9.17) is 42.6 Å². The first-order valence-corrected chi connectivity index (χ1v) is 26.9. The van der Waals surface area contributed by atoms with Crippen molar-refractivity contribution in [1.29, 1.82) is 0 Å². The minimum Gasteiger partial charge on any atom is -0.494 e. The van der Waals surface area contributed by atoms with Crippen LogP contribution in [-0.4, -0.2) is 245 Å². The van der Waals surface area contributed by atoms with E-state index in [-0.39, 0.29) is 53.5 Å². The van der Waals surface area contributed by atoms with Crippen LogP contribution in [0.25, 0.3) is 0 Å². The molecule has 9 aliphatic rings. The average molecular weight is 1080 g/mol. The molecule has 4 saturated heterocycles. The molecular weight excluding hydrogens is 997 g/mol. The Hall–Kier alpha value is -1.67. The molecule has 0 radical (unpaired) electrons. The van der Waals surface area contributed by atoms with Gasteiger partial charge in [-0.25, -0.2) is 0 Å². The summed E-state index contributed by atoms with van der Waals surface area (Å²) in [6, 6.07) is 0. The summed E-state index contributed by atoms with van der Waals surface area (Å²) in [5, 5.41) is 147. The van der Waals surface area contributed by atoms with Crippen LogP contribution in [0.1, 0.15) is 85.5 Å². The Kier molecular flexibility index (Phi) is 17.8. The fourth-order valence-electron chi connectivity index (χ4n) is 14.9. The molecule has 24 nitrogen and oxygen atoms in total. The van der Waals surface area contributed by atoms with Crippen molar-refractivity contribution >= 4 is 5.78 Å². The molecule has 4 aliphatic carbocycles. The molecule has 0 amide bonds. The van der Waals surface area contributed by atoms with Crippen LogP contribution in [0.3, 0.4) is 0 Å². The normalized spacial score (nSPS) is 52.4. The van der Waals surface area contributed by atoms with E-state index in [9.17, 15) is 76.3 Å². The smallest absolute Gasteiger partial charge is 0.187 e. The van der Waals surface area contributed by atoms with E-state index in [2.05, 4.69) is 20.8 Å². The summed E-state index contributed by atoms with van der Waals surface area (Å²) >= 11 is 0. The van der Waals surface area contributed by atoms with Crippen LogP contribution in [0.15, 0.2) is 11.3 Å². The second-order valence-corrected chi connectivity index (χ2v) is 23.6. The van der Waals surface area contributed by atoms with E-state index in [1.165, 1.54) is 0 Å². The number of carbonyl (C=O) groups is 1. The number of aliphatic hydroxyl groups excluding tert-OH is 14. The van der Waals surface area contributed by atoms with Gasteiger partial charge < -0.3 is 114 Å². The molecule has 0 bridgehead atoms. The number of carbonyl (C=O) groups excluding carboxylic acids is 1. The van der Waals surface area contributed by atoms with Crippen molar-refractivity contribution in [1.82, 2.24) is 0 Å². The summed E-state index contributed by atoms with van der Waals surface area (Å²) < 4.78 is 53.4. The Labute approximate surface area is 435 Å². The summed E-state index contributed by atoms with van der Waals surface area (Å²) in [4.78, 5) is 14.7. The summed E-state index contributed by atoms with van der Waals surface area (Å²) in [5.74, 6) is 1.88. The number of Topliss-reactive ketones (excluding diaryl/α,β-unsaturated/α-hetero) is 1. The van der Waals surface area contributed by atoms with Crippen LogP contribution in [0, 0.1) is 46.3 Å². The lowest BCUT2D eigenvalue weighted by Crippen LogP contribution is -2.67. The van der Waals surface area contributed by atoms with Gasteiger partial charge in [0.1, 0.15) is 110 Å². The average Bonchev–Trinajstić information content (AvgIpc) is 3.89. The van der Waals surface area contributed by atoms with Crippen LogP contribution in [0.5, 0.6) is 0 Å². The van der Waals surface area contributed by atoms with Crippen molar-refractivity contribution in [3.8, 4) is 0 Å². The predicted molar refractivity (Wildman–Crippen MR) is 251 cm³/mol. The molecule has 5 heterocycles. The first-order chi connectivity index (χ1) is 35.6. The number of hydrogen-bond acceptors (Lipinski definition) is 24. The zero-order valence-electron chi connectivity index (χ0n) is 42.9. The quantitative estimate of drug-likeness (QED) is 0.0659. The van der Waals surface area contributed by atoms with Crippen molar-refractivity contribution in [3.05, 3.63) is 11.3 Å². The Balaban J connectivity index is 0.798. The van der Waals surface area contributed by atoms with Gasteiger partial charge in [-0.05, 0) is 92.4 Å². The minimum atomic E-state index is -1.92. The second kappa shape index (κ2) is 23.1. The number of ether oxygens (including phenoxy) is 9. The van der Waals surface area contributed by atoms with Crippen molar-refractivity contribution in [3.63, 3.8) is 0 Å². The van der Waals surface area contributed by atoms with E-state index in [0.717, 1.165) is 37.0 Å². The summed E-state index contributed by atoms with van der Waals surface area (Å²) in [5.41, 5.74) is 0.345. The van der Waals surface area contributed by atoms with Gasteiger partial charge in [0.05, 0.1) is 44.9 Å². The molecule has 24 heteroatoms. The standard InChI is InChI=1S/C51H82O24/c1-19(18-67-46-41(64)37(60)34(57)28(14-52)70-46)5-8-26-20(2)33-27(69-26)12-25-23-7-6-21-11-22(9-10-50(21,3)24(23)13-32(56)51(25,33)4)68-47-43(66)40(63)44(31(17-55)73-47)74-49-45(39(62)36(59)30(16-54)72-49)75-48-42(65)38(61)35(58)29(15-53)71-48/h19,21-25,27-31,33-49,52-55,57-66H,5-18H2,1-4H3/t19-,21+,22+,23-,24+,25+,27+,28-,29-,30-,31-,33+,34-,35-,36-,37+,38+,39+,40-,41-,42-,43-,44+,45-,46-,47-,48+,49+,50+,51-/m1/s1. The zero-order valence-corrected chi connectivity index (χ0v) is 42.9. The molecule has 14 N–H and O–H groups in total. The molecule has 8 fully saturated rings. The highest BCUT2D eigenvalue weighted by atomic mass is 16.8. The Morgan fingerprint density at radius 3 is 1.77 bits per heavy atom. The first kappa shape index (κ1) is 58.0. The lowest BCUT2D eigenvalue weighted by molar-refractivity contribution is -0.390. The first-order valence-electron chi connectivity index (χ1n) is 26.9. The minimum absolute atomic E-state index is 0.00169. The number of rotatable bonds is 16. The van der Waals surface area contributed by atoms with Gasteiger partial charge in [0.25, 0.3) is 0 Å². The molecule has 430 valence electrons. The molecule has 9 rings (SSSR count). The SMILES string of the molecule is CC1=C(CC[C@@H](C)CO[C@@H]2O[C@H](CO)[C@@H](O)[C@H](O)[C@H]2O)O[C@H]2C[C@H]3[C@@H]4CC[C@H]5C[C@@H](O[C@@H]6O[C@H](CO)[C@H](O[C@@H]7O[C@H](CO)[C@@H](O)[C@H](O)[C@H]7O[C@@H]7O[C@H](CO)[C@@H](O)[C@H](O)[C@H]7O)[C@H](O)[C@H]6O)CC[C@]5(C)[C@H]4CC(=O)[C@]3(C)[C@@H]12. The van der Waals surface area contributed by atoms with Gasteiger partial charge in [0.15, 0.2) is 25.2 Å². The maximum atomic E-state index is 14.7. The molecule has 0 aromatic rings. The van der Waals surface area contributed by atoms with Crippen molar-refractivity contribution < 1.29 is 119 Å². The highest BCUT2D eigenvalue weighted by molar-refractivity contribution is 5.87. The third-order valence-corrected chi connectivity index (χ3v) is 19.4. The molecule has 0 aromatic heterocycles. The van der Waals surface area contributed by atoms with Crippen LogP contribution in [0.4, 0.5) is 0 Å². The number of allylic oxidation sites excluding steroid dienone is 1. The number of ketones is 1. The molecule has 0 aromatic carbocycles. The van der Waals surface area contributed by atoms with Gasteiger partial charge in [0.2, 0.25) is 0 Å². The monoisotopic (exact) mass is 1080 g/mol. The van der Waals surface area contributed by atoms with Crippen LogP contribution in [0.2, 0.25) is 0 Å². The number of aliphatic hydroxyl groups is 14. The van der Waals surface area contributed by atoms with Gasteiger partial charge in [-0.3, -0.25) is 4.79 Å². The highest BCUT2D eigenvalue weighted by Crippen LogP contribution is 2.69. The molecule has 0 unspecified atom stereocenters. The molecule has 4 saturated carbocycles. The van der Waals surface area contributed by atoms with Crippen molar-refractivity contribution in [2.75, 3.05) is 33.0 Å². The van der Waals surface area contributed by atoms with E-state index >= 15 is 0 Å². The van der Waals surface area contributed by atoms with Crippen molar-refractivity contribution in [2.45, 2.75) is 221 Å². The fraction of sp³-hybridized carbons (Fsp3) is 0.941. The zero-order chi connectivity index (χ0) is 54.2. The lowest BCUT2D eigenvalue weighted by atomic mass is 9.44. The van der Waals surface area contributed by atoms with Gasteiger partial charge in [0, 0.05) is 24.2 Å². The lowest BCUT2D eigenvalue weighted by Gasteiger charge is -2.60.